The third-order valence-corrected chi connectivity index (χ3v) is 7.29. The number of nitrogens with two attached hydrogens (primary N) is 1. The summed E-state index contributed by atoms with van der Waals surface area (Å²) in [7, 11) is 1.73. The Morgan fingerprint density at radius 2 is 2.15 bits per heavy atom. The summed E-state index contributed by atoms with van der Waals surface area (Å²) in [6.07, 6.45) is 7.12. The second-order valence-electron chi connectivity index (χ2n) is 9.24. The third kappa shape index (κ3) is 5.82. The normalized spacial score (nSPS) is 24.7. The Labute approximate surface area is 200 Å². The van der Waals surface area contributed by atoms with E-state index in [0.717, 1.165) is 61.3 Å². The Bertz CT molecular complexity index is 989. The average Bonchev–Trinajstić information content (AvgIpc) is 2.86. The maximum atomic E-state index is 9.70. The lowest BCUT2D eigenvalue weighted by molar-refractivity contribution is 0.0347. The van der Waals surface area contributed by atoms with Crippen molar-refractivity contribution in [3.63, 3.8) is 0 Å². The zero-order chi connectivity index (χ0) is 23.3. The lowest BCUT2D eigenvalue weighted by Gasteiger charge is -2.33. The molecule has 0 bridgehead atoms. The molecule has 1 saturated carbocycles. The van der Waals surface area contributed by atoms with Gasteiger partial charge in [-0.15, -0.1) is 0 Å². The molecule has 0 aromatic carbocycles. The molecule has 2 fully saturated rings. The Balaban J connectivity index is 1.47. The van der Waals surface area contributed by atoms with Crippen LogP contribution in [0.15, 0.2) is 30.5 Å². The van der Waals surface area contributed by atoms with Gasteiger partial charge in [-0.3, -0.25) is 4.98 Å². The van der Waals surface area contributed by atoms with Crippen LogP contribution in [0.5, 0.6) is 0 Å². The van der Waals surface area contributed by atoms with Crippen molar-refractivity contribution < 1.29 is 9.47 Å². The molecule has 1 aliphatic heterocycles. The highest BCUT2D eigenvalue weighted by Gasteiger charge is 2.32. The Morgan fingerprint density at radius 1 is 1.33 bits per heavy atom. The highest BCUT2D eigenvalue weighted by atomic mass is 35.5. The number of methoxy groups -OCH3 is 1. The summed E-state index contributed by atoms with van der Waals surface area (Å²) < 4.78 is 11.0. The van der Waals surface area contributed by atoms with E-state index < -0.39 is 5.41 Å². The number of nitrogens with zero attached hydrogens (tertiary/aromatic N) is 3. The van der Waals surface area contributed by atoms with E-state index in [0.29, 0.717) is 30.7 Å². The highest BCUT2D eigenvalue weighted by Crippen LogP contribution is 2.33. The standard InChI is InChI=1S/C25H32ClN5O2/c1-32-23-12-17(5-6-21(23)28)11-18-13-19(20(26)14-29-18)22-3-2-4-24(31-22)30-16-25(15-27)7-9-33-10-8-25/h2-4,13-14,17,21,23H,5-12,16,28H2,1H3,(H,30,31)/t17-,21+,23-/m0/s1. The summed E-state index contributed by atoms with van der Waals surface area (Å²) in [6.45, 7) is 1.79. The molecule has 33 heavy (non-hydrogen) atoms. The maximum Gasteiger partial charge on any atom is 0.126 e. The molecule has 3 heterocycles. The molecule has 0 unspecified atom stereocenters. The minimum absolute atomic E-state index is 0.104. The molecule has 4 rings (SSSR count). The molecule has 2 aromatic rings. The number of halogens is 1. The van der Waals surface area contributed by atoms with Gasteiger partial charge in [-0.1, -0.05) is 17.7 Å². The van der Waals surface area contributed by atoms with Crippen molar-refractivity contribution in [1.29, 1.82) is 5.26 Å². The van der Waals surface area contributed by atoms with Crippen LogP contribution in [0.2, 0.25) is 5.02 Å². The van der Waals surface area contributed by atoms with Crippen molar-refractivity contribution in [2.24, 2.45) is 17.1 Å². The molecule has 7 nitrogen and oxygen atoms in total. The van der Waals surface area contributed by atoms with Gasteiger partial charge >= 0.3 is 0 Å². The zero-order valence-electron chi connectivity index (χ0n) is 19.1. The first-order chi connectivity index (χ1) is 16.0. The molecular weight excluding hydrogens is 438 g/mol. The van der Waals surface area contributed by atoms with Crippen molar-refractivity contribution >= 4 is 17.4 Å². The second kappa shape index (κ2) is 10.8. The van der Waals surface area contributed by atoms with Gasteiger partial charge < -0.3 is 20.5 Å². The molecular formula is C25H32ClN5O2. The lowest BCUT2D eigenvalue weighted by atomic mass is 9.81. The SMILES string of the molecule is CO[C@H]1C[C@H](Cc2cc(-c3cccc(NCC4(C#N)CCOCC4)n3)c(Cl)cn2)CC[C@H]1N. The number of rotatable bonds is 7. The quantitative estimate of drug-likeness (QED) is 0.625. The fourth-order valence-corrected chi connectivity index (χ4v) is 5.01. The minimum atomic E-state index is -0.417. The first-order valence-corrected chi connectivity index (χ1v) is 12.0. The topological polar surface area (TPSA) is 106 Å². The highest BCUT2D eigenvalue weighted by molar-refractivity contribution is 6.33. The van der Waals surface area contributed by atoms with Crippen molar-refractivity contribution in [1.82, 2.24) is 9.97 Å². The number of hydrogen-bond donors (Lipinski definition) is 2. The van der Waals surface area contributed by atoms with Crippen LogP contribution in [-0.2, 0) is 15.9 Å². The fourth-order valence-electron chi connectivity index (χ4n) is 4.81. The predicted molar refractivity (Wildman–Crippen MR) is 129 cm³/mol. The van der Waals surface area contributed by atoms with Gasteiger partial charge in [0, 0.05) is 50.4 Å². The van der Waals surface area contributed by atoms with E-state index in [1.54, 1.807) is 13.3 Å². The van der Waals surface area contributed by atoms with Gasteiger partial charge in [0.15, 0.2) is 0 Å². The van der Waals surface area contributed by atoms with Gasteiger partial charge in [0.1, 0.15) is 5.82 Å². The van der Waals surface area contributed by atoms with Crippen LogP contribution in [0.4, 0.5) is 5.82 Å². The summed E-state index contributed by atoms with van der Waals surface area (Å²) >= 11 is 6.52. The van der Waals surface area contributed by atoms with Gasteiger partial charge in [-0.05, 0) is 62.6 Å². The van der Waals surface area contributed by atoms with Gasteiger partial charge in [0.2, 0.25) is 0 Å². The molecule has 0 radical (unpaired) electrons. The van der Waals surface area contributed by atoms with Crippen LogP contribution < -0.4 is 11.1 Å². The minimum Gasteiger partial charge on any atom is -0.381 e. The van der Waals surface area contributed by atoms with Crippen molar-refractivity contribution in [3.05, 3.63) is 41.2 Å². The summed E-state index contributed by atoms with van der Waals surface area (Å²) in [5.41, 5.74) is 8.40. The Morgan fingerprint density at radius 3 is 2.91 bits per heavy atom. The van der Waals surface area contributed by atoms with E-state index >= 15 is 0 Å². The van der Waals surface area contributed by atoms with Crippen molar-refractivity contribution in [2.75, 3.05) is 32.2 Å². The van der Waals surface area contributed by atoms with Crippen LogP contribution in [0.1, 0.15) is 37.8 Å². The van der Waals surface area contributed by atoms with Crippen LogP contribution in [0, 0.1) is 22.7 Å². The summed E-state index contributed by atoms with van der Waals surface area (Å²) in [5.74, 6) is 1.21. The van der Waals surface area contributed by atoms with Crippen LogP contribution >= 0.6 is 11.6 Å². The van der Waals surface area contributed by atoms with Crippen molar-refractivity contribution in [3.8, 4) is 17.3 Å². The second-order valence-corrected chi connectivity index (χ2v) is 9.65. The molecule has 0 spiro atoms. The van der Waals surface area contributed by atoms with Crippen LogP contribution in [0.25, 0.3) is 11.3 Å². The fraction of sp³-hybridized carbons (Fsp3) is 0.560. The smallest absolute Gasteiger partial charge is 0.126 e. The number of anilines is 1. The number of aromatic nitrogens is 2. The maximum absolute atomic E-state index is 9.70. The number of nitrogens with one attached hydrogen (secondary N) is 1. The third-order valence-electron chi connectivity index (χ3n) is 6.98. The van der Waals surface area contributed by atoms with Gasteiger partial charge in [-0.25, -0.2) is 4.98 Å². The van der Waals surface area contributed by atoms with Crippen LogP contribution in [0.3, 0.4) is 0 Å². The van der Waals surface area contributed by atoms with Gasteiger partial charge in [-0.2, -0.15) is 5.26 Å². The molecule has 3 N–H and O–H groups in total. The number of hydrogen-bond acceptors (Lipinski definition) is 7. The molecule has 0 amide bonds. The lowest BCUT2D eigenvalue weighted by Crippen LogP contribution is -2.41. The average molecular weight is 470 g/mol. The van der Waals surface area contributed by atoms with Gasteiger partial charge in [0.25, 0.3) is 0 Å². The molecule has 176 valence electrons. The first-order valence-electron chi connectivity index (χ1n) is 11.6. The van der Waals surface area contributed by atoms with Gasteiger partial charge in [0.05, 0.1) is 28.3 Å². The van der Waals surface area contributed by atoms with Crippen molar-refractivity contribution in [2.45, 2.75) is 50.7 Å². The van der Waals surface area contributed by atoms with E-state index in [1.165, 1.54) is 0 Å². The Hall–Kier alpha value is -2.24. The first kappa shape index (κ1) is 23.9. The monoisotopic (exact) mass is 469 g/mol. The summed E-state index contributed by atoms with van der Waals surface area (Å²) in [6, 6.07) is 10.5. The van der Waals surface area contributed by atoms with E-state index in [2.05, 4.69) is 16.4 Å². The molecule has 8 heteroatoms. The molecule has 1 aliphatic carbocycles. The summed E-state index contributed by atoms with van der Waals surface area (Å²) in [5, 5.41) is 13.6. The van der Waals surface area contributed by atoms with E-state index in [-0.39, 0.29) is 12.1 Å². The molecule has 2 aromatic heterocycles. The number of nitriles is 1. The molecule has 2 aliphatic rings. The molecule has 3 atom stereocenters. The van der Waals surface area contributed by atoms with Crippen LogP contribution in [-0.4, -0.2) is 49.0 Å². The Kier molecular flexibility index (Phi) is 7.82. The largest absolute Gasteiger partial charge is 0.381 e. The van der Waals surface area contributed by atoms with E-state index in [9.17, 15) is 5.26 Å². The molecule has 1 saturated heterocycles. The predicted octanol–water partition coefficient (Wildman–Crippen LogP) is 4.21. The number of pyridine rings is 2. The van der Waals surface area contributed by atoms with E-state index in [4.69, 9.17) is 31.8 Å². The zero-order valence-corrected chi connectivity index (χ0v) is 19.9. The summed E-state index contributed by atoms with van der Waals surface area (Å²) in [4.78, 5) is 9.35. The van der Waals surface area contributed by atoms with E-state index in [1.807, 2.05) is 24.3 Å². The number of ether oxygens (including phenoxy) is 2.